The number of aromatic nitrogens is 2. The molecule has 0 saturated carbocycles. The normalized spacial score (nSPS) is 10.8. The second-order valence-electron chi connectivity index (χ2n) is 3.71. The van der Waals surface area contributed by atoms with Gasteiger partial charge in [0.1, 0.15) is 17.9 Å². The van der Waals surface area contributed by atoms with Gasteiger partial charge in [-0.05, 0) is 35.8 Å². The van der Waals surface area contributed by atoms with E-state index < -0.39 is 5.97 Å². The molecule has 0 saturated heterocycles. The molecular weight excluding hydrogens is 288 g/mol. The molecular formula is C11H11BrN2O3. The topological polar surface area (TPSA) is 68.3 Å². The highest BCUT2D eigenvalue weighted by Gasteiger charge is 2.16. The molecule has 0 amide bonds. The number of carbonyl (C=O) groups is 1. The predicted octanol–water partition coefficient (Wildman–Crippen LogP) is 2.60. The molecule has 0 aliphatic carbocycles. The quantitative estimate of drug-likeness (QED) is 0.946. The van der Waals surface area contributed by atoms with Gasteiger partial charge in [0, 0.05) is 0 Å². The van der Waals surface area contributed by atoms with Crippen molar-refractivity contribution in [1.82, 2.24) is 9.78 Å². The lowest BCUT2D eigenvalue weighted by molar-refractivity contribution is 0.0694. The molecule has 0 atom stereocenters. The van der Waals surface area contributed by atoms with E-state index >= 15 is 0 Å². The lowest BCUT2D eigenvalue weighted by Gasteiger charge is -2.02. The van der Waals surface area contributed by atoms with Crippen molar-refractivity contribution < 1.29 is 14.3 Å². The third kappa shape index (κ3) is 2.12. The molecule has 0 fully saturated rings. The largest absolute Gasteiger partial charge is 0.478 e. The lowest BCUT2D eigenvalue weighted by Crippen LogP contribution is -2.07. The van der Waals surface area contributed by atoms with E-state index in [-0.39, 0.29) is 5.56 Å². The molecule has 90 valence electrons. The van der Waals surface area contributed by atoms with Gasteiger partial charge in [-0.3, -0.25) is 4.68 Å². The summed E-state index contributed by atoms with van der Waals surface area (Å²) in [5.41, 5.74) is 1.98. The molecule has 17 heavy (non-hydrogen) atoms. The molecule has 2 aromatic rings. The molecule has 0 aromatic carbocycles. The first-order valence-electron chi connectivity index (χ1n) is 5.00. The number of aryl methyl sites for hydroxylation is 1. The Kier molecular flexibility index (Phi) is 3.06. The van der Waals surface area contributed by atoms with Crippen molar-refractivity contribution in [1.29, 1.82) is 0 Å². The van der Waals surface area contributed by atoms with Crippen LogP contribution >= 0.6 is 15.9 Å². The van der Waals surface area contributed by atoms with Crippen LogP contribution in [0.1, 0.15) is 27.5 Å². The monoisotopic (exact) mass is 298 g/mol. The summed E-state index contributed by atoms with van der Waals surface area (Å²) in [4.78, 5) is 10.9. The molecule has 1 N–H and O–H groups in total. The minimum atomic E-state index is -0.991. The molecule has 5 nitrogen and oxygen atoms in total. The van der Waals surface area contributed by atoms with Gasteiger partial charge >= 0.3 is 5.97 Å². The number of hydrogen-bond donors (Lipinski definition) is 1. The van der Waals surface area contributed by atoms with Crippen molar-refractivity contribution in [2.45, 2.75) is 20.4 Å². The molecule has 0 aliphatic heterocycles. The van der Waals surface area contributed by atoms with Gasteiger partial charge in [-0.25, -0.2) is 4.79 Å². The third-order valence-electron chi connectivity index (χ3n) is 2.56. The average Bonchev–Trinajstić information content (AvgIpc) is 2.81. The van der Waals surface area contributed by atoms with Crippen molar-refractivity contribution in [3.63, 3.8) is 0 Å². The zero-order valence-electron chi connectivity index (χ0n) is 9.40. The lowest BCUT2D eigenvalue weighted by atomic mass is 10.2. The Hall–Kier alpha value is -1.56. The van der Waals surface area contributed by atoms with Gasteiger partial charge < -0.3 is 9.52 Å². The van der Waals surface area contributed by atoms with Crippen LogP contribution in [0, 0.1) is 13.8 Å². The number of nitrogens with zero attached hydrogens (tertiary/aromatic N) is 2. The maximum absolute atomic E-state index is 10.9. The summed E-state index contributed by atoms with van der Waals surface area (Å²) in [6.07, 6.45) is 1.37. The van der Waals surface area contributed by atoms with E-state index in [1.165, 1.54) is 12.3 Å². The first kappa shape index (κ1) is 11.9. The Morgan fingerprint density at radius 1 is 1.59 bits per heavy atom. The van der Waals surface area contributed by atoms with Gasteiger partial charge in [0.25, 0.3) is 0 Å². The zero-order chi connectivity index (χ0) is 12.6. The van der Waals surface area contributed by atoms with Crippen molar-refractivity contribution in [2.75, 3.05) is 0 Å². The molecule has 2 heterocycles. The molecule has 6 heteroatoms. The van der Waals surface area contributed by atoms with Crippen LogP contribution in [-0.2, 0) is 6.54 Å². The molecule has 0 radical (unpaired) electrons. The van der Waals surface area contributed by atoms with Crippen LogP contribution < -0.4 is 0 Å². The maximum atomic E-state index is 10.9. The smallest absolute Gasteiger partial charge is 0.339 e. The summed E-state index contributed by atoms with van der Waals surface area (Å²) in [5, 5.41) is 13.3. The number of rotatable bonds is 3. The van der Waals surface area contributed by atoms with Crippen molar-refractivity contribution in [2.24, 2.45) is 0 Å². The van der Waals surface area contributed by atoms with Gasteiger partial charge in [0.2, 0.25) is 0 Å². The summed E-state index contributed by atoms with van der Waals surface area (Å²) in [6.45, 7) is 4.11. The minimum absolute atomic E-state index is 0.175. The summed E-state index contributed by atoms with van der Waals surface area (Å²) in [7, 11) is 0. The fourth-order valence-corrected chi connectivity index (χ4v) is 1.90. The number of furan rings is 1. The summed E-state index contributed by atoms with van der Waals surface area (Å²) >= 11 is 3.42. The first-order valence-corrected chi connectivity index (χ1v) is 5.79. The van der Waals surface area contributed by atoms with E-state index in [2.05, 4.69) is 21.0 Å². The minimum Gasteiger partial charge on any atom is -0.478 e. The van der Waals surface area contributed by atoms with Crippen LogP contribution in [0.2, 0.25) is 0 Å². The van der Waals surface area contributed by atoms with E-state index in [1.807, 2.05) is 13.8 Å². The summed E-state index contributed by atoms with van der Waals surface area (Å²) in [6, 6.07) is 1.44. The number of carboxylic acids is 1. The van der Waals surface area contributed by atoms with Crippen LogP contribution in [0.4, 0.5) is 0 Å². The van der Waals surface area contributed by atoms with Gasteiger partial charge in [-0.15, -0.1) is 0 Å². The molecule has 0 spiro atoms. The van der Waals surface area contributed by atoms with E-state index in [0.717, 1.165) is 15.9 Å². The van der Waals surface area contributed by atoms with Gasteiger partial charge in [-0.2, -0.15) is 5.10 Å². The number of aromatic carboxylic acids is 1. The number of carboxylic acid groups (broad SMARTS) is 1. The molecule has 2 aromatic heterocycles. The van der Waals surface area contributed by atoms with Crippen LogP contribution in [0.25, 0.3) is 0 Å². The highest BCUT2D eigenvalue weighted by molar-refractivity contribution is 9.10. The summed E-state index contributed by atoms with van der Waals surface area (Å²) in [5.74, 6) is -0.593. The van der Waals surface area contributed by atoms with E-state index in [1.54, 1.807) is 4.68 Å². The average molecular weight is 299 g/mol. The third-order valence-corrected chi connectivity index (χ3v) is 3.71. The number of halogens is 1. The van der Waals surface area contributed by atoms with Crippen LogP contribution in [0.15, 0.2) is 21.2 Å². The Morgan fingerprint density at radius 3 is 2.82 bits per heavy atom. The molecule has 2 rings (SSSR count). The Bertz CT molecular complexity index is 571. The van der Waals surface area contributed by atoms with Crippen molar-refractivity contribution in [3.05, 3.63) is 39.5 Å². The van der Waals surface area contributed by atoms with E-state index in [4.69, 9.17) is 9.52 Å². The molecule has 0 aliphatic rings. The van der Waals surface area contributed by atoms with Crippen LogP contribution in [0.5, 0.6) is 0 Å². The van der Waals surface area contributed by atoms with Gasteiger partial charge in [0.05, 0.1) is 22.1 Å². The first-order chi connectivity index (χ1) is 8.00. The Labute approximate surface area is 106 Å². The van der Waals surface area contributed by atoms with E-state index in [9.17, 15) is 4.79 Å². The predicted molar refractivity (Wildman–Crippen MR) is 64.2 cm³/mol. The van der Waals surface area contributed by atoms with Gasteiger partial charge in [0.15, 0.2) is 0 Å². The van der Waals surface area contributed by atoms with Crippen molar-refractivity contribution >= 4 is 21.9 Å². The SMILES string of the molecule is Cc1nn(Cc2occc2C(=O)O)c(C)c1Br. The highest BCUT2D eigenvalue weighted by atomic mass is 79.9. The fourth-order valence-electron chi connectivity index (χ4n) is 1.62. The van der Waals surface area contributed by atoms with Crippen LogP contribution in [0.3, 0.4) is 0 Å². The van der Waals surface area contributed by atoms with E-state index in [0.29, 0.717) is 12.3 Å². The van der Waals surface area contributed by atoms with Crippen molar-refractivity contribution in [3.8, 4) is 0 Å². The summed E-state index contributed by atoms with van der Waals surface area (Å²) < 4.78 is 7.82. The molecule has 0 unspecified atom stereocenters. The standard InChI is InChI=1S/C11H11BrN2O3/c1-6-10(12)7(2)14(13-6)5-9-8(11(15)16)3-4-17-9/h3-4H,5H2,1-2H3,(H,15,16). The van der Waals surface area contributed by atoms with Crippen LogP contribution in [-0.4, -0.2) is 20.9 Å². The zero-order valence-corrected chi connectivity index (χ0v) is 11.0. The molecule has 0 bridgehead atoms. The second-order valence-corrected chi connectivity index (χ2v) is 4.50. The second kappa shape index (κ2) is 4.37. The Balaban J connectivity index is 2.35. The number of hydrogen-bond acceptors (Lipinski definition) is 3. The van der Waals surface area contributed by atoms with Gasteiger partial charge in [-0.1, -0.05) is 0 Å². The fraction of sp³-hybridized carbons (Fsp3) is 0.273. The Morgan fingerprint density at radius 2 is 2.29 bits per heavy atom. The highest BCUT2D eigenvalue weighted by Crippen LogP contribution is 2.21. The maximum Gasteiger partial charge on any atom is 0.339 e.